The summed E-state index contributed by atoms with van der Waals surface area (Å²) in [6.07, 6.45) is -4.07. The van der Waals surface area contributed by atoms with Gasteiger partial charge in [0.1, 0.15) is 0 Å². The van der Waals surface area contributed by atoms with Gasteiger partial charge in [-0.15, -0.1) is 6.58 Å². The molecular formula is C11H14F11NO3S. The highest BCUT2D eigenvalue weighted by molar-refractivity contribution is 7.87. The van der Waals surface area contributed by atoms with Crippen molar-refractivity contribution in [1.29, 1.82) is 0 Å². The van der Waals surface area contributed by atoms with E-state index in [4.69, 9.17) is 10.3 Å². The van der Waals surface area contributed by atoms with Gasteiger partial charge in [-0.25, -0.2) is 4.39 Å². The molecule has 16 heteroatoms. The number of hydrogen-bond acceptors (Lipinski definition) is 3. The first-order valence-electron chi connectivity index (χ1n) is 6.46. The van der Waals surface area contributed by atoms with Crippen molar-refractivity contribution in [1.82, 2.24) is 0 Å². The average molecular weight is 449 g/mol. The summed E-state index contributed by atoms with van der Waals surface area (Å²) in [5, 5.41) is -7.26. The Kier molecular flexibility index (Phi) is 8.79. The maximum atomic E-state index is 13.0. The molecule has 3 N–H and O–H groups in total. The quantitative estimate of drug-likeness (QED) is 0.335. The van der Waals surface area contributed by atoms with Gasteiger partial charge in [-0.05, 0) is 6.42 Å². The molecule has 0 fully saturated rings. The van der Waals surface area contributed by atoms with E-state index >= 15 is 0 Å². The molecule has 0 saturated heterocycles. The Morgan fingerprint density at radius 1 is 0.963 bits per heavy atom. The minimum atomic E-state index is -7.75. The van der Waals surface area contributed by atoms with Gasteiger partial charge < -0.3 is 5.73 Å². The first-order valence-corrected chi connectivity index (χ1v) is 7.90. The minimum absolute atomic E-state index is 0.428. The van der Waals surface area contributed by atoms with Crippen LogP contribution in [0.4, 0.5) is 48.3 Å². The van der Waals surface area contributed by atoms with Crippen molar-refractivity contribution in [2.45, 2.75) is 48.5 Å². The van der Waals surface area contributed by atoms with Crippen LogP contribution in [0.15, 0.2) is 12.7 Å². The average Bonchev–Trinajstić information content (AvgIpc) is 2.52. The molecule has 0 aromatic heterocycles. The molecule has 0 radical (unpaired) electrons. The first-order chi connectivity index (χ1) is 11.6. The van der Waals surface area contributed by atoms with Crippen molar-refractivity contribution >= 4 is 10.1 Å². The largest absolute Gasteiger partial charge is 0.438 e. The molecule has 0 aromatic rings. The predicted octanol–water partition coefficient (Wildman–Crippen LogP) is 3.89. The standard InChI is InChI=1S/C8H7F11O3S.C3H7N/c1-2-3(9)4(10,11)5(12,13)6(14,15)7(16,17)8(18,19)23(20,21)22;1-2-3-4/h3H,2H2,1H3,(H,20,21,22);2H,1,3-4H2. The van der Waals surface area contributed by atoms with E-state index in [1.807, 2.05) is 0 Å². The van der Waals surface area contributed by atoms with Crippen molar-refractivity contribution in [3.05, 3.63) is 12.7 Å². The molecule has 0 aliphatic rings. The van der Waals surface area contributed by atoms with E-state index in [2.05, 4.69) is 6.58 Å². The zero-order chi connectivity index (χ0) is 22.7. The monoisotopic (exact) mass is 449 g/mol. The van der Waals surface area contributed by atoms with Crippen molar-refractivity contribution in [3.63, 3.8) is 0 Å². The molecule has 0 aliphatic heterocycles. The van der Waals surface area contributed by atoms with Gasteiger partial charge >= 0.3 is 39.1 Å². The Morgan fingerprint density at radius 3 is 1.52 bits per heavy atom. The van der Waals surface area contributed by atoms with Gasteiger partial charge in [0.25, 0.3) is 0 Å². The van der Waals surface area contributed by atoms with Crippen LogP contribution < -0.4 is 5.73 Å². The molecular weight excluding hydrogens is 435 g/mol. The summed E-state index contributed by atoms with van der Waals surface area (Å²) < 4.78 is 169. The smallest absolute Gasteiger partial charge is 0.327 e. The zero-order valence-corrected chi connectivity index (χ0v) is 14.0. The van der Waals surface area contributed by atoms with Crippen LogP contribution >= 0.6 is 0 Å². The van der Waals surface area contributed by atoms with Crippen LogP contribution in [-0.4, -0.2) is 54.6 Å². The fourth-order valence-electron chi connectivity index (χ4n) is 1.20. The van der Waals surface area contributed by atoms with Crippen molar-refractivity contribution < 1.29 is 61.3 Å². The second-order valence-corrected chi connectivity index (χ2v) is 6.20. The third-order valence-electron chi connectivity index (χ3n) is 2.82. The maximum absolute atomic E-state index is 13.0. The molecule has 0 aromatic carbocycles. The molecule has 164 valence electrons. The molecule has 27 heavy (non-hydrogen) atoms. The summed E-state index contributed by atoms with van der Waals surface area (Å²) in [6, 6.07) is 0. The van der Waals surface area contributed by atoms with E-state index in [9.17, 15) is 56.7 Å². The Hall–Kier alpha value is -1.16. The van der Waals surface area contributed by atoms with E-state index in [0.717, 1.165) is 0 Å². The summed E-state index contributed by atoms with van der Waals surface area (Å²) >= 11 is 0. The molecule has 0 heterocycles. The van der Waals surface area contributed by atoms with E-state index < -0.39 is 51.7 Å². The van der Waals surface area contributed by atoms with Crippen molar-refractivity contribution in [2.75, 3.05) is 6.54 Å². The normalized spacial score (nSPS) is 15.6. The third kappa shape index (κ3) is 4.64. The summed E-state index contributed by atoms with van der Waals surface area (Å²) in [7, 11) is -7.41. The van der Waals surface area contributed by atoms with Gasteiger partial charge in [-0.2, -0.15) is 52.3 Å². The van der Waals surface area contributed by atoms with Crippen LogP contribution in [-0.2, 0) is 10.1 Å². The van der Waals surface area contributed by atoms with E-state index in [-0.39, 0.29) is 0 Å². The van der Waals surface area contributed by atoms with Crippen LogP contribution in [0.2, 0.25) is 0 Å². The van der Waals surface area contributed by atoms with Crippen LogP contribution in [0.1, 0.15) is 13.3 Å². The highest BCUT2D eigenvalue weighted by atomic mass is 32.2. The van der Waals surface area contributed by atoms with Gasteiger partial charge in [-0.1, -0.05) is 13.0 Å². The van der Waals surface area contributed by atoms with Gasteiger partial charge in [0, 0.05) is 6.54 Å². The second kappa shape index (κ2) is 8.46. The van der Waals surface area contributed by atoms with Crippen LogP contribution in [0.25, 0.3) is 0 Å². The molecule has 0 aliphatic carbocycles. The van der Waals surface area contributed by atoms with Crippen LogP contribution in [0, 0.1) is 0 Å². The number of alkyl halides is 11. The van der Waals surface area contributed by atoms with Gasteiger partial charge in [0.2, 0.25) is 0 Å². The lowest BCUT2D eigenvalue weighted by Crippen LogP contribution is -2.70. The number of halogens is 11. The number of hydrogen-bond donors (Lipinski definition) is 2. The zero-order valence-electron chi connectivity index (χ0n) is 13.2. The fourth-order valence-corrected chi connectivity index (χ4v) is 1.66. The molecule has 0 bridgehead atoms. The van der Waals surface area contributed by atoms with E-state index in [1.54, 1.807) is 6.08 Å². The van der Waals surface area contributed by atoms with Crippen LogP contribution in [0.5, 0.6) is 0 Å². The Balaban J connectivity index is 0. The molecule has 1 unspecified atom stereocenters. The van der Waals surface area contributed by atoms with Gasteiger partial charge in [0.05, 0.1) is 0 Å². The minimum Gasteiger partial charge on any atom is -0.327 e. The highest BCUT2D eigenvalue weighted by Gasteiger charge is 2.89. The summed E-state index contributed by atoms with van der Waals surface area (Å²) in [5.41, 5.74) is 4.91. The summed E-state index contributed by atoms with van der Waals surface area (Å²) in [4.78, 5) is 0. The Bertz CT molecular complexity index is 607. The molecule has 0 spiro atoms. The fraction of sp³-hybridized carbons (Fsp3) is 0.818. The molecule has 0 amide bonds. The summed E-state index contributed by atoms with van der Waals surface area (Å²) in [5.74, 6) is -29.4. The molecule has 4 nitrogen and oxygen atoms in total. The second-order valence-electron chi connectivity index (χ2n) is 4.74. The highest BCUT2D eigenvalue weighted by Crippen LogP contribution is 2.59. The molecule has 0 rings (SSSR count). The first kappa shape index (κ1) is 28.1. The topological polar surface area (TPSA) is 80.4 Å². The van der Waals surface area contributed by atoms with Gasteiger partial charge in [0.15, 0.2) is 6.17 Å². The summed E-state index contributed by atoms with van der Waals surface area (Å²) in [6.45, 7) is 4.37. The number of nitrogens with two attached hydrogens (primary N) is 1. The van der Waals surface area contributed by atoms with Crippen molar-refractivity contribution in [2.24, 2.45) is 5.73 Å². The molecule has 0 saturated carbocycles. The number of rotatable bonds is 8. The SMILES string of the molecule is C=CCN.CCC(F)C(F)(F)C(F)(F)C(F)(F)C(F)(F)C(F)(F)S(=O)(=O)O. The van der Waals surface area contributed by atoms with E-state index in [1.165, 1.54) is 0 Å². The lowest BCUT2D eigenvalue weighted by Gasteiger charge is -2.39. The van der Waals surface area contributed by atoms with Crippen molar-refractivity contribution in [3.8, 4) is 0 Å². The predicted molar refractivity (Wildman–Crippen MR) is 70.7 cm³/mol. The Morgan fingerprint density at radius 2 is 1.30 bits per heavy atom. The molecule has 1 atom stereocenters. The maximum Gasteiger partial charge on any atom is 0.438 e. The van der Waals surface area contributed by atoms with E-state index in [0.29, 0.717) is 13.5 Å². The Labute approximate surface area is 145 Å². The lowest BCUT2D eigenvalue weighted by molar-refractivity contribution is -0.396. The third-order valence-corrected chi connectivity index (χ3v) is 3.72. The van der Waals surface area contributed by atoms with Gasteiger partial charge in [-0.3, -0.25) is 4.55 Å². The lowest BCUT2D eigenvalue weighted by atomic mass is 9.94. The van der Waals surface area contributed by atoms with Crippen LogP contribution in [0.3, 0.4) is 0 Å².